The van der Waals surface area contributed by atoms with Crippen molar-refractivity contribution >= 4 is 68.9 Å². The molecule has 138 valence electrons. The Morgan fingerprint density at radius 2 is 1.93 bits per heavy atom. The molecule has 0 spiro atoms. The maximum absolute atomic E-state index is 11.8. The van der Waals surface area contributed by atoms with E-state index in [1.165, 1.54) is 6.26 Å². The molecule has 0 fully saturated rings. The van der Waals surface area contributed by atoms with Crippen LogP contribution in [0.15, 0.2) is 64.3 Å². The lowest BCUT2D eigenvalue weighted by molar-refractivity contribution is 0.0927. The summed E-state index contributed by atoms with van der Waals surface area (Å²) in [5, 5.41) is 4.64. The number of amides is 1. The Morgan fingerprint density at radius 3 is 2.59 bits per heavy atom. The molecule has 0 aliphatic rings. The first kappa shape index (κ1) is 20.2. The first-order chi connectivity index (χ1) is 13.0. The van der Waals surface area contributed by atoms with Crippen LogP contribution in [-0.2, 0) is 6.61 Å². The molecule has 1 amide bonds. The van der Waals surface area contributed by atoms with E-state index in [-0.39, 0.29) is 5.76 Å². The predicted molar refractivity (Wildman–Crippen MR) is 121 cm³/mol. The van der Waals surface area contributed by atoms with Gasteiger partial charge in [-0.2, -0.15) is 5.10 Å². The zero-order chi connectivity index (χ0) is 19.2. The Morgan fingerprint density at radius 1 is 1.19 bits per heavy atom. The van der Waals surface area contributed by atoms with Crippen molar-refractivity contribution in [3.63, 3.8) is 0 Å². The molecule has 0 unspecified atom stereocenters. The van der Waals surface area contributed by atoms with Crippen LogP contribution in [0.2, 0.25) is 5.02 Å². The molecule has 2 aromatic carbocycles. The number of nitrogens with one attached hydrogen (secondary N) is 1. The standard InChI is InChI=1S/C19H13ClI2N2O3/c20-14-5-2-1-4-13(14)11-27-18-15(21)8-12(9-16(18)22)10-23-24-19(25)17-6-3-7-26-17/h1-10H,11H2,(H,24,25)/b23-10-. The number of hydrogen-bond acceptors (Lipinski definition) is 4. The van der Waals surface area contributed by atoms with Gasteiger partial charge in [-0.1, -0.05) is 29.8 Å². The fraction of sp³-hybridized carbons (Fsp3) is 0.0526. The third kappa shape index (κ3) is 5.45. The third-order valence-electron chi connectivity index (χ3n) is 3.48. The van der Waals surface area contributed by atoms with E-state index in [1.807, 2.05) is 36.4 Å². The second kappa shape index (κ2) is 9.56. The van der Waals surface area contributed by atoms with E-state index >= 15 is 0 Å². The minimum Gasteiger partial charge on any atom is -0.487 e. The van der Waals surface area contributed by atoms with Gasteiger partial charge < -0.3 is 9.15 Å². The number of furan rings is 1. The highest BCUT2D eigenvalue weighted by Gasteiger charge is 2.10. The Labute approximate surface area is 188 Å². The van der Waals surface area contributed by atoms with Crippen LogP contribution < -0.4 is 10.2 Å². The average molecular weight is 607 g/mol. The maximum Gasteiger partial charge on any atom is 0.307 e. The summed E-state index contributed by atoms with van der Waals surface area (Å²) in [4.78, 5) is 11.8. The summed E-state index contributed by atoms with van der Waals surface area (Å²) in [6.45, 7) is 0.387. The zero-order valence-corrected chi connectivity index (χ0v) is 18.9. The highest BCUT2D eigenvalue weighted by Crippen LogP contribution is 2.30. The monoisotopic (exact) mass is 606 g/mol. The fourth-order valence-electron chi connectivity index (χ4n) is 2.19. The first-order valence-corrected chi connectivity index (χ1v) is 10.3. The molecule has 27 heavy (non-hydrogen) atoms. The molecule has 3 rings (SSSR count). The lowest BCUT2D eigenvalue weighted by Gasteiger charge is -2.12. The molecule has 8 heteroatoms. The van der Waals surface area contributed by atoms with Gasteiger partial charge in [0.2, 0.25) is 0 Å². The van der Waals surface area contributed by atoms with Gasteiger partial charge in [0, 0.05) is 10.6 Å². The molecule has 0 bridgehead atoms. The molecule has 0 atom stereocenters. The minimum atomic E-state index is -0.402. The summed E-state index contributed by atoms with van der Waals surface area (Å²) < 4.78 is 12.8. The number of hydrogen-bond donors (Lipinski definition) is 1. The normalized spacial score (nSPS) is 10.9. The molecule has 3 aromatic rings. The summed E-state index contributed by atoms with van der Waals surface area (Å²) in [6, 6.07) is 14.7. The van der Waals surface area contributed by atoms with Gasteiger partial charge >= 0.3 is 5.91 Å². The SMILES string of the molecule is O=C(N/N=C\c1cc(I)c(OCc2ccccc2Cl)c(I)c1)c1ccco1. The highest BCUT2D eigenvalue weighted by molar-refractivity contribution is 14.1. The Balaban J connectivity index is 1.66. The Bertz CT molecular complexity index is 952. The van der Waals surface area contributed by atoms with Crippen LogP contribution in [0.5, 0.6) is 5.75 Å². The number of benzene rings is 2. The van der Waals surface area contributed by atoms with Crippen LogP contribution in [0.1, 0.15) is 21.7 Å². The largest absolute Gasteiger partial charge is 0.487 e. The molecular weight excluding hydrogens is 593 g/mol. The van der Waals surface area contributed by atoms with Gasteiger partial charge in [0.25, 0.3) is 0 Å². The van der Waals surface area contributed by atoms with E-state index in [0.717, 1.165) is 24.0 Å². The van der Waals surface area contributed by atoms with E-state index < -0.39 is 5.91 Å². The molecule has 0 radical (unpaired) electrons. The van der Waals surface area contributed by atoms with Crippen LogP contribution >= 0.6 is 56.8 Å². The van der Waals surface area contributed by atoms with Crippen molar-refractivity contribution < 1.29 is 13.9 Å². The van der Waals surface area contributed by atoms with E-state index in [2.05, 4.69) is 55.7 Å². The summed E-state index contributed by atoms with van der Waals surface area (Å²) in [6.07, 6.45) is 3.01. The van der Waals surface area contributed by atoms with Gasteiger partial charge in [0.1, 0.15) is 12.4 Å². The lowest BCUT2D eigenvalue weighted by atomic mass is 10.2. The van der Waals surface area contributed by atoms with Crippen LogP contribution in [0.3, 0.4) is 0 Å². The maximum atomic E-state index is 11.8. The topological polar surface area (TPSA) is 63.8 Å². The summed E-state index contributed by atoms with van der Waals surface area (Å²) in [5.41, 5.74) is 4.20. The highest BCUT2D eigenvalue weighted by atomic mass is 127. The predicted octanol–water partition coefficient (Wildman–Crippen LogP) is 5.49. The molecule has 0 saturated carbocycles. The van der Waals surface area contributed by atoms with Gasteiger partial charge in [-0.25, -0.2) is 5.43 Å². The van der Waals surface area contributed by atoms with Gasteiger partial charge in [0.05, 0.1) is 19.6 Å². The van der Waals surface area contributed by atoms with E-state index in [0.29, 0.717) is 11.6 Å². The quantitative estimate of drug-likeness (QED) is 0.230. The minimum absolute atomic E-state index is 0.208. The first-order valence-electron chi connectivity index (χ1n) is 7.77. The molecule has 0 saturated heterocycles. The second-order valence-electron chi connectivity index (χ2n) is 5.37. The summed E-state index contributed by atoms with van der Waals surface area (Å²) >= 11 is 10.6. The fourth-order valence-corrected chi connectivity index (χ4v) is 4.50. The molecule has 1 N–H and O–H groups in total. The zero-order valence-electron chi connectivity index (χ0n) is 13.8. The van der Waals surface area contributed by atoms with E-state index in [1.54, 1.807) is 18.3 Å². The molecule has 1 heterocycles. The smallest absolute Gasteiger partial charge is 0.307 e. The van der Waals surface area contributed by atoms with Crippen molar-refractivity contribution in [2.45, 2.75) is 6.61 Å². The number of carbonyl (C=O) groups excluding carboxylic acids is 1. The van der Waals surface area contributed by atoms with E-state index in [9.17, 15) is 4.79 Å². The van der Waals surface area contributed by atoms with Crippen LogP contribution in [0.4, 0.5) is 0 Å². The van der Waals surface area contributed by atoms with Gasteiger partial charge in [-0.15, -0.1) is 0 Å². The number of ether oxygens (including phenoxy) is 1. The average Bonchev–Trinajstić information content (AvgIpc) is 3.17. The van der Waals surface area contributed by atoms with Crippen LogP contribution in [-0.4, -0.2) is 12.1 Å². The van der Waals surface area contributed by atoms with Crippen molar-refractivity contribution in [3.8, 4) is 5.75 Å². The lowest BCUT2D eigenvalue weighted by Crippen LogP contribution is -2.16. The Kier molecular flexibility index (Phi) is 7.13. The van der Waals surface area contributed by atoms with Crippen molar-refractivity contribution in [3.05, 3.63) is 83.8 Å². The number of hydrazone groups is 1. The molecule has 1 aromatic heterocycles. The van der Waals surface area contributed by atoms with Crippen LogP contribution in [0, 0.1) is 7.14 Å². The van der Waals surface area contributed by atoms with E-state index in [4.69, 9.17) is 20.8 Å². The van der Waals surface area contributed by atoms with Crippen molar-refractivity contribution in [2.75, 3.05) is 0 Å². The number of halogens is 3. The van der Waals surface area contributed by atoms with Gasteiger partial charge in [-0.05, 0) is 81.1 Å². The molecule has 0 aliphatic carbocycles. The van der Waals surface area contributed by atoms with Crippen molar-refractivity contribution in [1.29, 1.82) is 0 Å². The third-order valence-corrected chi connectivity index (χ3v) is 5.45. The number of rotatable bonds is 6. The van der Waals surface area contributed by atoms with Crippen molar-refractivity contribution in [1.82, 2.24) is 5.43 Å². The number of nitrogens with zero attached hydrogens (tertiary/aromatic N) is 1. The van der Waals surface area contributed by atoms with Gasteiger partial charge in [-0.3, -0.25) is 4.79 Å². The number of carbonyl (C=O) groups is 1. The summed E-state index contributed by atoms with van der Waals surface area (Å²) in [5.74, 6) is 0.591. The van der Waals surface area contributed by atoms with Gasteiger partial charge in [0.15, 0.2) is 5.76 Å². The molecule has 0 aliphatic heterocycles. The Hall–Kier alpha value is -1.59. The summed E-state index contributed by atoms with van der Waals surface area (Å²) in [7, 11) is 0. The molecular formula is C19H13ClI2N2O3. The van der Waals surface area contributed by atoms with Crippen molar-refractivity contribution in [2.24, 2.45) is 5.10 Å². The second-order valence-corrected chi connectivity index (χ2v) is 8.10. The molecule has 5 nitrogen and oxygen atoms in total. The van der Waals surface area contributed by atoms with Crippen LogP contribution in [0.25, 0.3) is 0 Å².